The highest BCUT2D eigenvalue weighted by Gasteiger charge is 2.22. The molecule has 0 unspecified atom stereocenters. The van der Waals surface area contributed by atoms with Crippen LogP contribution in [-0.2, 0) is 0 Å². The molecule has 1 aromatic rings. The van der Waals surface area contributed by atoms with E-state index in [4.69, 9.17) is 0 Å². The molecule has 1 fully saturated rings. The number of anilines is 1. The summed E-state index contributed by atoms with van der Waals surface area (Å²) in [7, 11) is 0. The maximum atomic E-state index is 12.4. The molecule has 108 valence electrons. The number of carbonyl (C=O) groups excluding carboxylic acids is 2. The number of rotatable bonds is 4. The molecule has 0 saturated carbocycles. The van der Waals surface area contributed by atoms with Crippen LogP contribution >= 0.6 is 0 Å². The number of urea groups is 1. The van der Waals surface area contributed by atoms with Crippen molar-refractivity contribution in [1.29, 1.82) is 0 Å². The molecule has 2 N–H and O–H groups in total. The van der Waals surface area contributed by atoms with Gasteiger partial charge in [-0.2, -0.15) is 0 Å². The van der Waals surface area contributed by atoms with Crippen LogP contribution in [-0.4, -0.2) is 36.5 Å². The number of carbonyl (C=O) groups is 2. The van der Waals surface area contributed by atoms with Gasteiger partial charge in [0.15, 0.2) is 0 Å². The van der Waals surface area contributed by atoms with Gasteiger partial charge in [0, 0.05) is 19.6 Å². The summed E-state index contributed by atoms with van der Waals surface area (Å²) in [4.78, 5) is 26.0. The van der Waals surface area contributed by atoms with Crippen LogP contribution in [0.15, 0.2) is 24.3 Å². The zero-order chi connectivity index (χ0) is 14.4. The van der Waals surface area contributed by atoms with Crippen molar-refractivity contribution in [3.05, 3.63) is 29.8 Å². The number of nitrogens with one attached hydrogen (secondary N) is 2. The van der Waals surface area contributed by atoms with E-state index < -0.39 is 0 Å². The Morgan fingerprint density at radius 1 is 1.20 bits per heavy atom. The van der Waals surface area contributed by atoms with Gasteiger partial charge in [0.05, 0.1) is 11.3 Å². The third-order valence-corrected chi connectivity index (χ3v) is 3.33. The van der Waals surface area contributed by atoms with E-state index in [0.29, 0.717) is 17.8 Å². The number of amides is 3. The van der Waals surface area contributed by atoms with E-state index in [1.54, 1.807) is 12.1 Å². The Kier molecular flexibility index (Phi) is 4.98. The van der Waals surface area contributed by atoms with Crippen LogP contribution in [0.25, 0.3) is 0 Å². The van der Waals surface area contributed by atoms with Gasteiger partial charge < -0.3 is 15.5 Å². The lowest BCUT2D eigenvalue weighted by Crippen LogP contribution is -2.32. The molecule has 0 aliphatic carbocycles. The minimum absolute atomic E-state index is 0.00566. The molecule has 20 heavy (non-hydrogen) atoms. The summed E-state index contributed by atoms with van der Waals surface area (Å²) in [5.74, 6) is -0.00566. The van der Waals surface area contributed by atoms with Crippen LogP contribution in [0, 0.1) is 0 Å². The fourth-order valence-electron chi connectivity index (χ4n) is 2.27. The molecule has 1 heterocycles. The normalized spacial score (nSPS) is 14.2. The molecular formula is C15H21N3O2. The van der Waals surface area contributed by atoms with Crippen molar-refractivity contribution in [2.75, 3.05) is 25.0 Å². The van der Waals surface area contributed by atoms with Crippen LogP contribution in [0.5, 0.6) is 0 Å². The highest BCUT2D eigenvalue weighted by atomic mass is 16.2. The highest BCUT2D eigenvalue weighted by molar-refractivity contribution is 6.03. The summed E-state index contributed by atoms with van der Waals surface area (Å²) >= 11 is 0. The van der Waals surface area contributed by atoms with Gasteiger partial charge in [-0.05, 0) is 31.4 Å². The number of benzene rings is 1. The summed E-state index contributed by atoms with van der Waals surface area (Å²) in [5.41, 5.74) is 1.12. The minimum Gasteiger partial charge on any atom is -0.339 e. The number of nitrogens with zero attached hydrogens (tertiary/aromatic N) is 1. The lowest BCUT2D eigenvalue weighted by atomic mass is 10.1. The largest absolute Gasteiger partial charge is 0.339 e. The Labute approximate surface area is 119 Å². The molecule has 0 atom stereocenters. The first-order valence-electron chi connectivity index (χ1n) is 7.15. The summed E-state index contributed by atoms with van der Waals surface area (Å²) < 4.78 is 0. The molecule has 0 spiro atoms. The molecule has 1 aliphatic rings. The van der Waals surface area contributed by atoms with Gasteiger partial charge in [0.25, 0.3) is 5.91 Å². The summed E-state index contributed by atoms with van der Waals surface area (Å²) in [5, 5.41) is 5.49. The second kappa shape index (κ2) is 6.93. The highest BCUT2D eigenvalue weighted by Crippen LogP contribution is 2.19. The second-order valence-electron chi connectivity index (χ2n) is 4.93. The van der Waals surface area contributed by atoms with Crippen LogP contribution in [0.3, 0.4) is 0 Å². The predicted octanol–water partition coefficient (Wildman–Crippen LogP) is 2.45. The minimum atomic E-state index is -0.270. The number of likely N-dealkylation sites (tertiary alicyclic amines) is 1. The Morgan fingerprint density at radius 2 is 1.90 bits per heavy atom. The molecule has 1 saturated heterocycles. The number of para-hydroxylation sites is 1. The van der Waals surface area contributed by atoms with Gasteiger partial charge >= 0.3 is 6.03 Å². The van der Waals surface area contributed by atoms with Gasteiger partial charge in [-0.25, -0.2) is 4.79 Å². The molecule has 1 aliphatic heterocycles. The summed E-state index contributed by atoms with van der Waals surface area (Å²) in [6.45, 7) is 4.21. The zero-order valence-electron chi connectivity index (χ0n) is 11.8. The Bertz CT molecular complexity index is 482. The molecule has 2 rings (SSSR count). The molecule has 0 bridgehead atoms. The van der Waals surface area contributed by atoms with Crippen LogP contribution in [0.4, 0.5) is 10.5 Å². The van der Waals surface area contributed by atoms with E-state index in [-0.39, 0.29) is 11.9 Å². The maximum absolute atomic E-state index is 12.4. The molecule has 1 aromatic carbocycles. The smallest absolute Gasteiger partial charge is 0.319 e. The van der Waals surface area contributed by atoms with Gasteiger partial charge in [0.1, 0.15) is 0 Å². The SMILES string of the molecule is CCCNC(=O)Nc1ccccc1C(=O)N1CCCC1. The van der Waals surface area contributed by atoms with Crippen molar-refractivity contribution >= 4 is 17.6 Å². The van der Waals surface area contributed by atoms with Gasteiger partial charge in [-0.1, -0.05) is 19.1 Å². The first-order chi connectivity index (χ1) is 9.72. The maximum Gasteiger partial charge on any atom is 0.319 e. The molecule has 5 heteroatoms. The van der Waals surface area contributed by atoms with Crippen LogP contribution < -0.4 is 10.6 Å². The Balaban J connectivity index is 2.09. The Hall–Kier alpha value is -2.04. The van der Waals surface area contributed by atoms with Crippen molar-refractivity contribution in [3.63, 3.8) is 0 Å². The quantitative estimate of drug-likeness (QED) is 0.886. The predicted molar refractivity (Wildman–Crippen MR) is 78.9 cm³/mol. The van der Waals surface area contributed by atoms with Crippen molar-refractivity contribution in [1.82, 2.24) is 10.2 Å². The molecule has 0 aromatic heterocycles. The van der Waals surface area contributed by atoms with Crippen molar-refractivity contribution in [2.24, 2.45) is 0 Å². The fourth-order valence-corrected chi connectivity index (χ4v) is 2.27. The topological polar surface area (TPSA) is 61.4 Å². The lowest BCUT2D eigenvalue weighted by molar-refractivity contribution is 0.0794. The van der Waals surface area contributed by atoms with Crippen molar-refractivity contribution < 1.29 is 9.59 Å². The monoisotopic (exact) mass is 275 g/mol. The van der Waals surface area contributed by atoms with Crippen molar-refractivity contribution in [2.45, 2.75) is 26.2 Å². The Morgan fingerprint density at radius 3 is 2.60 bits per heavy atom. The summed E-state index contributed by atoms with van der Waals surface area (Å²) in [6.07, 6.45) is 2.98. The molecular weight excluding hydrogens is 254 g/mol. The van der Waals surface area contributed by atoms with E-state index in [0.717, 1.165) is 32.4 Å². The average molecular weight is 275 g/mol. The second-order valence-corrected chi connectivity index (χ2v) is 4.93. The third-order valence-electron chi connectivity index (χ3n) is 3.33. The number of hydrogen-bond donors (Lipinski definition) is 2. The van der Waals surface area contributed by atoms with Crippen LogP contribution in [0.2, 0.25) is 0 Å². The molecule has 5 nitrogen and oxygen atoms in total. The van der Waals surface area contributed by atoms with Crippen molar-refractivity contribution in [3.8, 4) is 0 Å². The lowest BCUT2D eigenvalue weighted by Gasteiger charge is -2.18. The van der Waals surface area contributed by atoms with Gasteiger partial charge in [-0.3, -0.25) is 4.79 Å². The van der Waals surface area contributed by atoms with E-state index >= 15 is 0 Å². The molecule has 3 amide bonds. The first kappa shape index (κ1) is 14.4. The van der Waals surface area contributed by atoms with E-state index in [9.17, 15) is 9.59 Å². The number of hydrogen-bond acceptors (Lipinski definition) is 2. The van der Waals surface area contributed by atoms with Gasteiger partial charge in [-0.15, -0.1) is 0 Å². The third kappa shape index (κ3) is 3.50. The standard InChI is InChI=1S/C15H21N3O2/c1-2-9-16-15(20)17-13-8-4-3-7-12(13)14(19)18-10-5-6-11-18/h3-4,7-8H,2,5-6,9-11H2,1H3,(H2,16,17,20). The molecule has 0 radical (unpaired) electrons. The zero-order valence-corrected chi connectivity index (χ0v) is 11.8. The summed E-state index contributed by atoms with van der Waals surface area (Å²) in [6, 6.07) is 6.88. The van der Waals surface area contributed by atoms with E-state index in [2.05, 4.69) is 10.6 Å². The average Bonchev–Trinajstić information content (AvgIpc) is 2.99. The van der Waals surface area contributed by atoms with Gasteiger partial charge in [0.2, 0.25) is 0 Å². The van der Waals surface area contributed by atoms with Crippen LogP contribution in [0.1, 0.15) is 36.5 Å². The fraction of sp³-hybridized carbons (Fsp3) is 0.467. The van der Waals surface area contributed by atoms with E-state index in [1.165, 1.54) is 0 Å². The van der Waals surface area contributed by atoms with E-state index in [1.807, 2.05) is 24.0 Å². The first-order valence-corrected chi connectivity index (χ1v) is 7.15.